The molecule has 2 rings (SSSR count). The highest BCUT2D eigenvalue weighted by atomic mass is 19.3. The average molecular weight is 310 g/mol. The van der Waals surface area contributed by atoms with Gasteiger partial charge in [-0.05, 0) is 16.5 Å². The van der Waals surface area contributed by atoms with Crippen molar-refractivity contribution in [1.82, 2.24) is 10.2 Å². The van der Waals surface area contributed by atoms with Crippen molar-refractivity contribution >= 4 is 5.96 Å². The van der Waals surface area contributed by atoms with Gasteiger partial charge in [-0.2, -0.15) is 0 Å². The minimum absolute atomic E-state index is 0.00223. The summed E-state index contributed by atoms with van der Waals surface area (Å²) >= 11 is 0. The van der Waals surface area contributed by atoms with Crippen molar-refractivity contribution in [2.75, 3.05) is 13.1 Å². The van der Waals surface area contributed by atoms with Crippen LogP contribution < -0.4 is 11.1 Å². The van der Waals surface area contributed by atoms with Gasteiger partial charge in [-0.15, -0.1) is 0 Å². The summed E-state index contributed by atoms with van der Waals surface area (Å²) in [7, 11) is 0. The van der Waals surface area contributed by atoms with E-state index in [9.17, 15) is 8.78 Å². The summed E-state index contributed by atoms with van der Waals surface area (Å²) in [5.74, 6) is -0.0128. The highest BCUT2D eigenvalue weighted by Gasteiger charge is 2.33. The molecule has 0 saturated carbocycles. The molecule has 1 aliphatic heterocycles. The third kappa shape index (κ3) is 3.74. The smallest absolute Gasteiger partial charge is 0.257 e. The number of nitrogens with zero attached hydrogens (tertiary/aromatic N) is 1. The molecular weight excluding hydrogens is 286 g/mol. The third-order valence-corrected chi connectivity index (χ3v) is 4.03. The lowest BCUT2D eigenvalue weighted by atomic mass is 9.86. The Labute approximate surface area is 130 Å². The maximum absolute atomic E-state index is 13.4. The van der Waals surface area contributed by atoms with E-state index >= 15 is 0 Å². The largest absolute Gasteiger partial charge is 0.370 e. The predicted octanol–water partition coefficient (Wildman–Crippen LogP) is 2.46. The summed E-state index contributed by atoms with van der Waals surface area (Å²) in [5.41, 5.74) is 7.06. The zero-order valence-electron chi connectivity index (χ0n) is 13.2. The van der Waals surface area contributed by atoms with Crippen molar-refractivity contribution in [2.24, 2.45) is 5.73 Å². The Hall–Kier alpha value is -1.69. The summed E-state index contributed by atoms with van der Waals surface area (Å²) in [5, 5.41) is 10.3. The molecule has 1 aromatic rings. The number of alkyl halides is 2. The number of benzene rings is 1. The van der Waals surface area contributed by atoms with E-state index in [4.69, 9.17) is 11.1 Å². The van der Waals surface area contributed by atoms with Gasteiger partial charge in [0.15, 0.2) is 5.96 Å². The second-order valence-corrected chi connectivity index (χ2v) is 6.84. The number of nitrogens with two attached hydrogens (primary N) is 1. The van der Waals surface area contributed by atoms with Gasteiger partial charge in [0.05, 0.1) is 6.04 Å². The molecule has 1 saturated heterocycles. The summed E-state index contributed by atoms with van der Waals surface area (Å²) < 4.78 is 26.7. The van der Waals surface area contributed by atoms with Crippen molar-refractivity contribution in [2.45, 2.75) is 44.7 Å². The number of rotatable bonds is 4. The maximum atomic E-state index is 13.4. The van der Waals surface area contributed by atoms with E-state index in [1.807, 2.05) is 12.1 Å². The zero-order chi connectivity index (χ0) is 16.5. The molecule has 0 bridgehead atoms. The van der Waals surface area contributed by atoms with Crippen LogP contribution in [0.2, 0.25) is 0 Å². The Kier molecular flexibility index (Phi) is 4.70. The van der Waals surface area contributed by atoms with Crippen LogP contribution in [-0.2, 0) is 5.41 Å². The molecule has 4 nitrogen and oxygen atoms in total. The van der Waals surface area contributed by atoms with Crippen molar-refractivity contribution < 1.29 is 8.78 Å². The highest BCUT2D eigenvalue weighted by Crippen LogP contribution is 2.27. The average Bonchev–Trinajstić information content (AvgIpc) is 2.35. The summed E-state index contributed by atoms with van der Waals surface area (Å²) in [4.78, 5) is 1.64. The topological polar surface area (TPSA) is 65.1 Å². The molecule has 1 aromatic carbocycles. The fraction of sp³-hybridized carbons (Fsp3) is 0.562. The van der Waals surface area contributed by atoms with E-state index in [0.717, 1.165) is 5.56 Å². The minimum Gasteiger partial charge on any atom is -0.370 e. The van der Waals surface area contributed by atoms with Crippen molar-refractivity contribution in [1.29, 1.82) is 5.41 Å². The Morgan fingerprint density at radius 2 is 1.82 bits per heavy atom. The van der Waals surface area contributed by atoms with Gasteiger partial charge in [-0.1, -0.05) is 45.0 Å². The number of hydrogen-bond donors (Lipinski definition) is 3. The maximum Gasteiger partial charge on any atom is 0.257 e. The van der Waals surface area contributed by atoms with Crippen molar-refractivity contribution in [3.63, 3.8) is 0 Å². The van der Waals surface area contributed by atoms with Gasteiger partial charge in [-0.25, -0.2) is 8.78 Å². The Morgan fingerprint density at radius 1 is 1.27 bits per heavy atom. The van der Waals surface area contributed by atoms with Crippen molar-refractivity contribution in [3.8, 4) is 0 Å². The van der Waals surface area contributed by atoms with Gasteiger partial charge < -0.3 is 10.6 Å². The molecule has 0 aliphatic carbocycles. The fourth-order valence-electron chi connectivity index (χ4n) is 2.54. The van der Waals surface area contributed by atoms with Gasteiger partial charge >= 0.3 is 0 Å². The van der Waals surface area contributed by atoms with Crippen molar-refractivity contribution in [3.05, 3.63) is 35.4 Å². The molecule has 0 radical (unpaired) electrons. The minimum atomic E-state index is -2.48. The monoisotopic (exact) mass is 310 g/mol. The van der Waals surface area contributed by atoms with E-state index in [-0.39, 0.29) is 17.4 Å². The van der Waals surface area contributed by atoms with Gasteiger partial charge in [-0.3, -0.25) is 10.7 Å². The summed E-state index contributed by atoms with van der Waals surface area (Å²) in [6.07, 6.45) is -2.48. The molecule has 0 amide bonds. The molecule has 1 heterocycles. The summed E-state index contributed by atoms with van der Waals surface area (Å²) in [6, 6.07) is 6.31. The second kappa shape index (κ2) is 6.20. The van der Waals surface area contributed by atoms with Crippen LogP contribution in [0.1, 0.15) is 37.9 Å². The van der Waals surface area contributed by atoms with Crippen LogP contribution in [0.25, 0.3) is 0 Å². The Balaban J connectivity index is 2.04. The third-order valence-electron chi connectivity index (χ3n) is 4.03. The molecule has 0 aromatic heterocycles. The molecule has 1 atom stereocenters. The number of hydrogen-bond acceptors (Lipinski definition) is 2. The first-order chi connectivity index (χ1) is 10.2. The van der Waals surface area contributed by atoms with E-state index in [1.165, 1.54) is 0 Å². The van der Waals surface area contributed by atoms with E-state index in [1.54, 1.807) is 17.0 Å². The second-order valence-electron chi connectivity index (χ2n) is 6.84. The zero-order valence-corrected chi connectivity index (χ0v) is 13.2. The number of halogens is 2. The molecule has 1 unspecified atom stereocenters. The molecule has 122 valence electrons. The van der Waals surface area contributed by atoms with Gasteiger partial charge in [0, 0.05) is 19.1 Å². The van der Waals surface area contributed by atoms with Crippen LogP contribution in [0.15, 0.2) is 24.3 Å². The van der Waals surface area contributed by atoms with Crippen LogP contribution in [0.5, 0.6) is 0 Å². The Morgan fingerprint density at radius 3 is 2.23 bits per heavy atom. The molecule has 1 aliphatic rings. The Bertz CT molecular complexity index is 516. The highest BCUT2D eigenvalue weighted by molar-refractivity contribution is 5.75. The quantitative estimate of drug-likeness (QED) is 0.591. The van der Waals surface area contributed by atoms with Crippen LogP contribution in [-0.4, -0.2) is 36.4 Å². The van der Waals surface area contributed by atoms with Crippen LogP contribution in [0, 0.1) is 5.41 Å². The van der Waals surface area contributed by atoms with Crippen LogP contribution >= 0.6 is 0 Å². The number of nitrogens with one attached hydrogen (secondary N) is 2. The molecule has 0 spiro atoms. The fourth-order valence-corrected chi connectivity index (χ4v) is 2.54. The lowest BCUT2D eigenvalue weighted by molar-refractivity contribution is 0.0750. The van der Waals surface area contributed by atoms with Gasteiger partial charge in [0.1, 0.15) is 0 Å². The molecule has 1 fully saturated rings. The first-order valence-electron chi connectivity index (χ1n) is 7.42. The lowest BCUT2D eigenvalue weighted by Crippen LogP contribution is -2.62. The summed E-state index contributed by atoms with van der Waals surface area (Å²) in [6.45, 7) is 7.28. The number of likely N-dealkylation sites (tertiary alicyclic amines) is 1. The molecule has 4 N–H and O–H groups in total. The molecule has 22 heavy (non-hydrogen) atoms. The van der Waals surface area contributed by atoms with Crippen LogP contribution in [0.4, 0.5) is 8.78 Å². The van der Waals surface area contributed by atoms with Crippen LogP contribution in [0.3, 0.4) is 0 Å². The standard InChI is InChI=1S/C16H24F2N4/c1-16(2,3)11-6-4-10(5-7-11)13(14(17)18)21-12-8-22(9-12)15(19)20/h4-7,12-14,21H,8-9H2,1-3H3,(H3,19,20). The van der Waals surface area contributed by atoms with Gasteiger partial charge in [0.25, 0.3) is 6.43 Å². The molecular formula is C16H24F2N4. The van der Waals surface area contributed by atoms with E-state index < -0.39 is 12.5 Å². The SMILES string of the molecule is CC(C)(C)c1ccc(C(NC2CN(C(=N)N)C2)C(F)F)cc1. The molecule has 6 heteroatoms. The predicted molar refractivity (Wildman–Crippen MR) is 84.3 cm³/mol. The number of guanidine groups is 1. The lowest BCUT2D eigenvalue weighted by Gasteiger charge is -2.41. The van der Waals surface area contributed by atoms with E-state index in [0.29, 0.717) is 18.7 Å². The van der Waals surface area contributed by atoms with E-state index in [2.05, 4.69) is 26.1 Å². The normalized spacial score (nSPS) is 17.5. The first-order valence-corrected chi connectivity index (χ1v) is 7.42. The van der Waals surface area contributed by atoms with Gasteiger partial charge in [0.2, 0.25) is 0 Å². The first kappa shape index (κ1) is 16.7.